The van der Waals surface area contributed by atoms with Crippen molar-refractivity contribution in [1.82, 2.24) is 5.32 Å². The standard InChI is InChI=1S/C15H20Cl2N2O/c1-2-19(13-5-3-4-12(16)15(13)17)14(20)10-11-6-8-18-9-7-11/h3-5,11,18H,2,6-10H2,1H3. The summed E-state index contributed by atoms with van der Waals surface area (Å²) in [4.78, 5) is 14.2. The van der Waals surface area contributed by atoms with Gasteiger partial charge in [-0.15, -0.1) is 0 Å². The summed E-state index contributed by atoms with van der Waals surface area (Å²) >= 11 is 12.3. The van der Waals surface area contributed by atoms with Gasteiger partial charge in [-0.25, -0.2) is 0 Å². The van der Waals surface area contributed by atoms with Crippen LogP contribution in [0, 0.1) is 5.92 Å². The SMILES string of the molecule is CCN(C(=O)CC1CCNCC1)c1cccc(Cl)c1Cl. The molecule has 0 saturated carbocycles. The quantitative estimate of drug-likeness (QED) is 0.918. The third-order valence-corrected chi connectivity index (χ3v) is 4.57. The predicted octanol–water partition coefficient (Wildman–Crippen LogP) is 3.74. The van der Waals surface area contributed by atoms with E-state index in [9.17, 15) is 4.79 Å². The van der Waals surface area contributed by atoms with Gasteiger partial charge in [0, 0.05) is 13.0 Å². The van der Waals surface area contributed by atoms with Gasteiger partial charge in [0.2, 0.25) is 5.91 Å². The van der Waals surface area contributed by atoms with Crippen LogP contribution in [-0.2, 0) is 4.79 Å². The minimum absolute atomic E-state index is 0.128. The number of halogens is 2. The van der Waals surface area contributed by atoms with Crippen molar-refractivity contribution in [2.24, 2.45) is 5.92 Å². The normalized spacial score (nSPS) is 16.1. The average Bonchev–Trinajstić information content (AvgIpc) is 2.45. The first-order valence-corrected chi connectivity index (χ1v) is 7.84. The molecule has 0 atom stereocenters. The zero-order valence-electron chi connectivity index (χ0n) is 11.7. The second kappa shape index (κ2) is 7.30. The lowest BCUT2D eigenvalue weighted by Crippen LogP contribution is -2.35. The number of rotatable bonds is 4. The van der Waals surface area contributed by atoms with Crippen molar-refractivity contribution in [2.75, 3.05) is 24.5 Å². The molecule has 0 spiro atoms. The van der Waals surface area contributed by atoms with Crippen LogP contribution in [0.2, 0.25) is 10.0 Å². The molecule has 1 saturated heterocycles. The van der Waals surface area contributed by atoms with Crippen molar-refractivity contribution in [2.45, 2.75) is 26.2 Å². The van der Waals surface area contributed by atoms with Gasteiger partial charge in [0.1, 0.15) is 0 Å². The first-order chi connectivity index (χ1) is 9.63. The van der Waals surface area contributed by atoms with E-state index >= 15 is 0 Å². The molecule has 110 valence electrons. The van der Waals surface area contributed by atoms with Crippen molar-refractivity contribution in [1.29, 1.82) is 0 Å². The van der Waals surface area contributed by atoms with Gasteiger partial charge in [-0.05, 0) is 50.9 Å². The molecular formula is C15H20Cl2N2O. The molecule has 5 heteroatoms. The molecule has 2 rings (SSSR count). The number of hydrogen-bond acceptors (Lipinski definition) is 2. The van der Waals surface area contributed by atoms with E-state index in [1.54, 1.807) is 11.0 Å². The van der Waals surface area contributed by atoms with Crippen LogP contribution in [0.4, 0.5) is 5.69 Å². The first-order valence-electron chi connectivity index (χ1n) is 7.08. The van der Waals surface area contributed by atoms with Crippen molar-refractivity contribution in [3.8, 4) is 0 Å². The van der Waals surface area contributed by atoms with Crippen molar-refractivity contribution < 1.29 is 4.79 Å². The minimum Gasteiger partial charge on any atom is -0.317 e. The van der Waals surface area contributed by atoms with E-state index < -0.39 is 0 Å². The van der Waals surface area contributed by atoms with E-state index in [-0.39, 0.29) is 5.91 Å². The van der Waals surface area contributed by atoms with E-state index in [0.717, 1.165) is 25.9 Å². The minimum atomic E-state index is 0.128. The third-order valence-electron chi connectivity index (χ3n) is 3.76. The van der Waals surface area contributed by atoms with Gasteiger partial charge >= 0.3 is 0 Å². The average molecular weight is 315 g/mol. The summed E-state index contributed by atoms with van der Waals surface area (Å²) < 4.78 is 0. The van der Waals surface area contributed by atoms with Gasteiger partial charge in [0.15, 0.2) is 0 Å². The number of nitrogens with zero attached hydrogens (tertiary/aromatic N) is 1. The summed E-state index contributed by atoms with van der Waals surface area (Å²) in [7, 11) is 0. The summed E-state index contributed by atoms with van der Waals surface area (Å²) in [5.41, 5.74) is 0.709. The molecule has 1 amide bonds. The molecular weight excluding hydrogens is 295 g/mol. The first kappa shape index (κ1) is 15.6. The van der Waals surface area contributed by atoms with Gasteiger partial charge < -0.3 is 10.2 Å². The van der Waals surface area contributed by atoms with Gasteiger partial charge in [0.05, 0.1) is 15.7 Å². The largest absolute Gasteiger partial charge is 0.317 e. The summed E-state index contributed by atoms with van der Waals surface area (Å²) in [6, 6.07) is 5.40. The maximum absolute atomic E-state index is 12.5. The number of amides is 1. The molecule has 1 aromatic carbocycles. The smallest absolute Gasteiger partial charge is 0.227 e. The lowest BCUT2D eigenvalue weighted by Gasteiger charge is -2.27. The zero-order valence-corrected chi connectivity index (χ0v) is 13.2. The Morgan fingerprint density at radius 2 is 2.05 bits per heavy atom. The van der Waals surface area contributed by atoms with E-state index in [2.05, 4.69) is 5.32 Å². The second-order valence-corrected chi connectivity index (χ2v) is 5.89. The Bertz CT molecular complexity index is 473. The molecule has 1 aliphatic heterocycles. The molecule has 1 aliphatic rings. The molecule has 0 bridgehead atoms. The Balaban J connectivity index is 2.10. The zero-order chi connectivity index (χ0) is 14.5. The number of carbonyl (C=O) groups excluding carboxylic acids is 1. The fourth-order valence-electron chi connectivity index (χ4n) is 2.62. The number of piperidine rings is 1. The lowest BCUT2D eigenvalue weighted by atomic mass is 9.94. The van der Waals surface area contributed by atoms with Gasteiger partial charge in [-0.1, -0.05) is 29.3 Å². The van der Waals surface area contributed by atoms with E-state index in [1.807, 2.05) is 19.1 Å². The monoisotopic (exact) mass is 314 g/mol. The molecule has 1 aromatic rings. The van der Waals surface area contributed by atoms with Crippen LogP contribution in [0.3, 0.4) is 0 Å². The highest BCUT2D eigenvalue weighted by atomic mass is 35.5. The molecule has 3 nitrogen and oxygen atoms in total. The molecule has 1 fully saturated rings. The summed E-state index contributed by atoms with van der Waals surface area (Å²) in [6.07, 6.45) is 2.71. The van der Waals surface area contributed by atoms with Crippen LogP contribution in [-0.4, -0.2) is 25.5 Å². The number of carbonyl (C=O) groups is 1. The number of hydrogen-bond donors (Lipinski definition) is 1. The van der Waals surface area contributed by atoms with Gasteiger partial charge in [-0.3, -0.25) is 4.79 Å². The van der Waals surface area contributed by atoms with Crippen LogP contribution < -0.4 is 10.2 Å². The maximum atomic E-state index is 12.5. The van der Waals surface area contributed by atoms with Crippen molar-refractivity contribution in [3.63, 3.8) is 0 Å². The topological polar surface area (TPSA) is 32.3 Å². The van der Waals surface area contributed by atoms with Crippen LogP contribution in [0.1, 0.15) is 26.2 Å². The number of nitrogens with one attached hydrogen (secondary N) is 1. The Morgan fingerprint density at radius 3 is 2.70 bits per heavy atom. The van der Waals surface area contributed by atoms with E-state index in [0.29, 0.717) is 34.6 Å². The van der Waals surface area contributed by atoms with Crippen LogP contribution in [0.15, 0.2) is 18.2 Å². The van der Waals surface area contributed by atoms with Crippen LogP contribution >= 0.6 is 23.2 Å². The van der Waals surface area contributed by atoms with Crippen LogP contribution in [0.5, 0.6) is 0 Å². The maximum Gasteiger partial charge on any atom is 0.227 e. The summed E-state index contributed by atoms with van der Waals surface area (Å²) in [6.45, 7) is 4.56. The lowest BCUT2D eigenvalue weighted by molar-refractivity contribution is -0.119. The fourth-order valence-corrected chi connectivity index (χ4v) is 3.02. The summed E-state index contributed by atoms with van der Waals surface area (Å²) in [5.74, 6) is 0.597. The molecule has 0 radical (unpaired) electrons. The van der Waals surface area contributed by atoms with Crippen molar-refractivity contribution in [3.05, 3.63) is 28.2 Å². The number of anilines is 1. The molecule has 1 N–H and O–H groups in total. The van der Waals surface area contributed by atoms with Gasteiger partial charge in [0.25, 0.3) is 0 Å². The molecule has 0 aromatic heterocycles. The van der Waals surface area contributed by atoms with Crippen molar-refractivity contribution >= 4 is 34.8 Å². The second-order valence-electron chi connectivity index (χ2n) is 5.11. The fraction of sp³-hybridized carbons (Fsp3) is 0.533. The predicted molar refractivity (Wildman–Crippen MR) is 84.7 cm³/mol. The van der Waals surface area contributed by atoms with Gasteiger partial charge in [-0.2, -0.15) is 0 Å². The third kappa shape index (κ3) is 3.66. The van der Waals surface area contributed by atoms with E-state index in [1.165, 1.54) is 0 Å². The Morgan fingerprint density at radius 1 is 1.35 bits per heavy atom. The highest BCUT2D eigenvalue weighted by Crippen LogP contribution is 2.33. The molecule has 0 aliphatic carbocycles. The molecule has 20 heavy (non-hydrogen) atoms. The highest BCUT2D eigenvalue weighted by molar-refractivity contribution is 6.44. The Labute approximate surface area is 130 Å². The Kier molecular flexibility index (Phi) is 5.70. The molecule has 0 unspecified atom stereocenters. The van der Waals surface area contributed by atoms with Crippen LogP contribution in [0.25, 0.3) is 0 Å². The Hall–Kier alpha value is -0.770. The van der Waals surface area contributed by atoms with E-state index in [4.69, 9.17) is 23.2 Å². The highest BCUT2D eigenvalue weighted by Gasteiger charge is 2.22. The number of benzene rings is 1. The molecule has 1 heterocycles. The summed E-state index contributed by atoms with van der Waals surface area (Å²) in [5, 5.41) is 4.25.